The highest BCUT2D eigenvalue weighted by Crippen LogP contribution is 2.44. The first kappa shape index (κ1) is 14.0. The summed E-state index contributed by atoms with van der Waals surface area (Å²) in [5, 5.41) is 0.419. The van der Waals surface area contributed by atoms with E-state index in [1.807, 2.05) is 36.0 Å². The summed E-state index contributed by atoms with van der Waals surface area (Å²) in [6.07, 6.45) is 1.98. The molecule has 2 amide bonds. The number of anilines is 1. The van der Waals surface area contributed by atoms with Crippen LogP contribution in [0.3, 0.4) is 0 Å². The summed E-state index contributed by atoms with van der Waals surface area (Å²) in [6, 6.07) is 18.2. The van der Waals surface area contributed by atoms with Gasteiger partial charge in [-0.15, -0.1) is 11.8 Å². The van der Waals surface area contributed by atoms with Crippen molar-refractivity contribution in [3.8, 4) is 0 Å². The number of carbonyl (C=O) groups excluding carboxylic acids is 1. The van der Waals surface area contributed by atoms with Crippen LogP contribution in [0.1, 0.15) is 23.7 Å². The topological polar surface area (TPSA) is 46.3 Å². The Bertz CT molecular complexity index is 630. The van der Waals surface area contributed by atoms with Gasteiger partial charge in [0, 0.05) is 16.7 Å². The summed E-state index contributed by atoms with van der Waals surface area (Å²) in [5.41, 5.74) is 7.79. The lowest BCUT2D eigenvalue weighted by atomic mass is 10.1. The van der Waals surface area contributed by atoms with E-state index >= 15 is 0 Å². The Morgan fingerprint density at radius 2 is 1.81 bits per heavy atom. The number of benzene rings is 2. The number of nitrogens with two attached hydrogens (primary N) is 1. The lowest BCUT2D eigenvalue weighted by molar-refractivity contribution is 0.253. The Morgan fingerprint density at radius 1 is 1.10 bits per heavy atom. The van der Waals surface area contributed by atoms with Crippen LogP contribution >= 0.6 is 11.8 Å². The highest BCUT2D eigenvalue weighted by Gasteiger charge is 2.23. The third-order valence-corrected chi connectivity index (χ3v) is 5.10. The highest BCUT2D eigenvalue weighted by atomic mass is 32.2. The Kier molecular flexibility index (Phi) is 4.15. The van der Waals surface area contributed by atoms with E-state index in [0.717, 1.165) is 23.4 Å². The van der Waals surface area contributed by atoms with Gasteiger partial charge in [-0.25, -0.2) is 4.79 Å². The molecule has 0 aliphatic carbocycles. The molecule has 0 saturated carbocycles. The SMILES string of the molecule is NC(=O)N1CCCC(c2ccccc2)Sc2ccccc21. The van der Waals surface area contributed by atoms with Crippen LogP contribution in [-0.4, -0.2) is 12.6 Å². The minimum absolute atomic E-state index is 0.374. The molecule has 1 aliphatic rings. The second-order valence-electron chi connectivity index (χ2n) is 5.12. The standard InChI is InChI=1S/C17H18N2OS/c18-17(20)19-12-6-11-15(13-7-2-1-3-8-13)21-16-10-5-4-9-14(16)19/h1-5,7-10,15H,6,11-12H2,(H2,18,20). The normalized spacial score (nSPS) is 18.5. The molecule has 108 valence electrons. The van der Waals surface area contributed by atoms with Gasteiger partial charge in [-0.1, -0.05) is 42.5 Å². The van der Waals surface area contributed by atoms with Crippen LogP contribution < -0.4 is 10.6 Å². The van der Waals surface area contributed by atoms with Crippen molar-refractivity contribution in [3.05, 3.63) is 60.2 Å². The van der Waals surface area contributed by atoms with Crippen LogP contribution in [0.2, 0.25) is 0 Å². The van der Waals surface area contributed by atoms with Gasteiger partial charge in [0.2, 0.25) is 0 Å². The van der Waals surface area contributed by atoms with Gasteiger partial charge in [-0.2, -0.15) is 0 Å². The molecule has 0 bridgehead atoms. The van der Waals surface area contributed by atoms with Crippen molar-refractivity contribution in [1.29, 1.82) is 0 Å². The van der Waals surface area contributed by atoms with Crippen molar-refractivity contribution in [2.45, 2.75) is 23.0 Å². The highest BCUT2D eigenvalue weighted by molar-refractivity contribution is 7.99. The van der Waals surface area contributed by atoms with Crippen molar-refractivity contribution >= 4 is 23.5 Å². The zero-order chi connectivity index (χ0) is 14.7. The first-order chi connectivity index (χ1) is 10.3. The average molecular weight is 298 g/mol. The summed E-state index contributed by atoms with van der Waals surface area (Å²) < 4.78 is 0. The first-order valence-electron chi connectivity index (χ1n) is 7.13. The van der Waals surface area contributed by atoms with Gasteiger partial charge in [0.1, 0.15) is 0 Å². The van der Waals surface area contributed by atoms with E-state index in [9.17, 15) is 4.79 Å². The predicted octanol–water partition coefficient (Wildman–Crippen LogP) is 4.20. The smallest absolute Gasteiger partial charge is 0.319 e. The number of hydrogen-bond donors (Lipinski definition) is 1. The summed E-state index contributed by atoms with van der Waals surface area (Å²) in [5.74, 6) is 0. The fourth-order valence-electron chi connectivity index (χ4n) is 2.68. The molecule has 0 radical (unpaired) electrons. The van der Waals surface area contributed by atoms with Crippen LogP contribution in [0, 0.1) is 0 Å². The van der Waals surface area contributed by atoms with E-state index in [2.05, 4.69) is 30.3 Å². The largest absolute Gasteiger partial charge is 0.351 e. The van der Waals surface area contributed by atoms with Crippen LogP contribution in [0.25, 0.3) is 0 Å². The van der Waals surface area contributed by atoms with Gasteiger partial charge in [-0.05, 0) is 30.5 Å². The molecule has 3 rings (SSSR count). The number of rotatable bonds is 1. The summed E-state index contributed by atoms with van der Waals surface area (Å²) in [6.45, 7) is 0.677. The van der Waals surface area contributed by atoms with Crippen molar-refractivity contribution in [1.82, 2.24) is 0 Å². The number of para-hydroxylation sites is 1. The number of hydrogen-bond acceptors (Lipinski definition) is 2. The molecule has 2 N–H and O–H groups in total. The van der Waals surface area contributed by atoms with Crippen LogP contribution in [-0.2, 0) is 0 Å². The second kappa shape index (κ2) is 6.22. The predicted molar refractivity (Wildman–Crippen MR) is 87.6 cm³/mol. The van der Waals surface area contributed by atoms with Gasteiger partial charge < -0.3 is 5.73 Å². The van der Waals surface area contributed by atoms with Crippen LogP contribution in [0.5, 0.6) is 0 Å². The number of nitrogens with zero attached hydrogens (tertiary/aromatic N) is 1. The van der Waals surface area contributed by atoms with Gasteiger partial charge in [0.05, 0.1) is 5.69 Å². The summed E-state index contributed by atoms with van der Waals surface area (Å²) in [7, 11) is 0. The maximum Gasteiger partial charge on any atom is 0.319 e. The molecule has 1 unspecified atom stereocenters. The fraction of sp³-hybridized carbons (Fsp3) is 0.235. The Balaban J connectivity index is 1.96. The number of carbonyl (C=O) groups is 1. The molecule has 21 heavy (non-hydrogen) atoms. The number of urea groups is 1. The quantitative estimate of drug-likeness (QED) is 0.857. The van der Waals surface area contributed by atoms with E-state index in [4.69, 9.17) is 5.73 Å². The molecular formula is C17H18N2OS. The Labute approximate surface area is 129 Å². The van der Waals surface area contributed by atoms with E-state index in [0.29, 0.717) is 11.8 Å². The Morgan fingerprint density at radius 3 is 2.57 bits per heavy atom. The van der Waals surface area contributed by atoms with Crippen LogP contribution in [0.4, 0.5) is 10.5 Å². The fourth-order valence-corrected chi connectivity index (χ4v) is 4.02. The Hall–Kier alpha value is -1.94. The number of primary amides is 1. The zero-order valence-electron chi connectivity index (χ0n) is 11.7. The molecule has 0 fully saturated rings. The molecule has 2 aromatic rings. The maximum absolute atomic E-state index is 11.7. The van der Waals surface area contributed by atoms with E-state index in [1.165, 1.54) is 5.56 Å². The molecule has 0 spiro atoms. The third-order valence-electron chi connectivity index (χ3n) is 3.71. The molecule has 0 aromatic heterocycles. The third kappa shape index (κ3) is 3.05. The van der Waals surface area contributed by atoms with Crippen molar-refractivity contribution in [2.24, 2.45) is 5.73 Å². The maximum atomic E-state index is 11.7. The lowest BCUT2D eigenvalue weighted by Gasteiger charge is -2.28. The van der Waals surface area contributed by atoms with E-state index in [-0.39, 0.29) is 6.03 Å². The molecular weight excluding hydrogens is 280 g/mol. The van der Waals surface area contributed by atoms with Gasteiger partial charge in [0.25, 0.3) is 0 Å². The second-order valence-corrected chi connectivity index (χ2v) is 6.36. The molecule has 1 atom stereocenters. The van der Waals surface area contributed by atoms with E-state index in [1.54, 1.807) is 4.90 Å². The molecule has 3 nitrogen and oxygen atoms in total. The number of fused-ring (bicyclic) bond motifs is 1. The number of thioether (sulfide) groups is 1. The number of amides is 2. The van der Waals surface area contributed by atoms with Gasteiger partial charge >= 0.3 is 6.03 Å². The molecule has 0 saturated heterocycles. The molecule has 1 heterocycles. The molecule has 2 aromatic carbocycles. The first-order valence-corrected chi connectivity index (χ1v) is 8.01. The van der Waals surface area contributed by atoms with E-state index < -0.39 is 0 Å². The van der Waals surface area contributed by atoms with Crippen molar-refractivity contribution in [2.75, 3.05) is 11.4 Å². The molecule has 4 heteroatoms. The summed E-state index contributed by atoms with van der Waals surface area (Å²) >= 11 is 1.82. The van der Waals surface area contributed by atoms with Crippen molar-refractivity contribution in [3.63, 3.8) is 0 Å². The lowest BCUT2D eigenvalue weighted by Crippen LogP contribution is -2.37. The monoisotopic (exact) mass is 298 g/mol. The summed E-state index contributed by atoms with van der Waals surface area (Å²) in [4.78, 5) is 14.5. The van der Waals surface area contributed by atoms with Gasteiger partial charge in [-0.3, -0.25) is 4.90 Å². The zero-order valence-corrected chi connectivity index (χ0v) is 12.6. The minimum atomic E-state index is -0.374. The van der Waals surface area contributed by atoms with Crippen LogP contribution in [0.15, 0.2) is 59.5 Å². The van der Waals surface area contributed by atoms with Crippen molar-refractivity contribution < 1.29 is 4.79 Å². The minimum Gasteiger partial charge on any atom is -0.351 e. The average Bonchev–Trinajstić information content (AvgIpc) is 2.48. The molecule has 1 aliphatic heterocycles. The van der Waals surface area contributed by atoms with Gasteiger partial charge in [0.15, 0.2) is 0 Å².